The molecule has 0 aliphatic heterocycles. The SMILES string of the molecule is COc1ccc(C(=O)COC(=O)c2cccc(NC(N)=O)c2)cc1Br. The van der Waals surface area contributed by atoms with Gasteiger partial charge >= 0.3 is 12.0 Å². The smallest absolute Gasteiger partial charge is 0.338 e. The Morgan fingerprint density at radius 2 is 1.88 bits per heavy atom. The molecule has 0 unspecified atom stereocenters. The van der Waals surface area contributed by atoms with Crippen LogP contribution in [0.1, 0.15) is 20.7 Å². The van der Waals surface area contributed by atoms with Crippen LogP contribution in [0.15, 0.2) is 46.9 Å². The lowest BCUT2D eigenvalue weighted by atomic mass is 10.1. The van der Waals surface area contributed by atoms with Gasteiger partial charge < -0.3 is 20.5 Å². The molecule has 0 aliphatic rings. The van der Waals surface area contributed by atoms with E-state index in [0.717, 1.165) is 0 Å². The lowest BCUT2D eigenvalue weighted by Gasteiger charge is -2.08. The number of primary amides is 1. The molecular weight excluding hydrogens is 392 g/mol. The molecule has 3 N–H and O–H groups in total. The molecule has 0 saturated carbocycles. The third kappa shape index (κ3) is 5.05. The maximum absolute atomic E-state index is 12.1. The summed E-state index contributed by atoms with van der Waals surface area (Å²) in [6.07, 6.45) is 0. The van der Waals surface area contributed by atoms with E-state index >= 15 is 0 Å². The molecule has 0 aromatic heterocycles. The van der Waals surface area contributed by atoms with Gasteiger partial charge in [0.05, 0.1) is 17.1 Å². The number of nitrogens with one attached hydrogen (secondary N) is 1. The molecule has 2 amide bonds. The topological polar surface area (TPSA) is 108 Å². The van der Waals surface area contributed by atoms with Crippen LogP contribution in [0.25, 0.3) is 0 Å². The third-order valence-corrected chi connectivity index (χ3v) is 3.79. The number of esters is 1. The molecule has 2 aromatic rings. The van der Waals surface area contributed by atoms with Gasteiger partial charge in [0.2, 0.25) is 0 Å². The van der Waals surface area contributed by atoms with Crippen LogP contribution in [0.4, 0.5) is 10.5 Å². The number of rotatable bonds is 6. The predicted octanol–water partition coefficient (Wildman–Crippen LogP) is 2.99. The first-order valence-corrected chi connectivity index (χ1v) is 7.90. The number of carbonyl (C=O) groups excluding carboxylic acids is 3. The number of amides is 2. The Bertz CT molecular complexity index is 822. The quantitative estimate of drug-likeness (QED) is 0.566. The monoisotopic (exact) mass is 406 g/mol. The molecule has 0 spiro atoms. The molecule has 2 aromatic carbocycles. The van der Waals surface area contributed by atoms with Gasteiger partial charge in [-0.2, -0.15) is 0 Å². The Morgan fingerprint density at radius 1 is 1.12 bits per heavy atom. The van der Waals surface area contributed by atoms with Crippen LogP contribution < -0.4 is 15.8 Å². The Kier molecular flexibility index (Phi) is 6.13. The second-order valence-corrected chi connectivity index (χ2v) is 5.77. The number of benzene rings is 2. The lowest BCUT2D eigenvalue weighted by Crippen LogP contribution is -2.19. The molecule has 7 nitrogen and oxygen atoms in total. The predicted molar refractivity (Wildman–Crippen MR) is 95.0 cm³/mol. The second-order valence-electron chi connectivity index (χ2n) is 4.92. The fourth-order valence-corrected chi connectivity index (χ4v) is 2.54. The minimum absolute atomic E-state index is 0.190. The average Bonchev–Trinajstić information content (AvgIpc) is 2.58. The third-order valence-electron chi connectivity index (χ3n) is 3.17. The second kappa shape index (κ2) is 8.29. The number of hydrogen-bond acceptors (Lipinski definition) is 5. The van der Waals surface area contributed by atoms with Gasteiger partial charge in [-0.1, -0.05) is 6.07 Å². The van der Waals surface area contributed by atoms with Crippen LogP contribution in [0.5, 0.6) is 5.75 Å². The Labute approximate surface area is 152 Å². The summed E-state index contributed by atoms with van der Waals surface area (Å²) in [6.45, 7) is -0.412. The minimum Gasteiger partial charge on any atom is -0.496 e. The highest BCUT2D eigenvalue weighted by Crippen LogP contribution is 2.25. The average molecular weight is 407 g/mol. The minimum atomic E-state index is -0.745. The maximum Gasteiger partial charge on any atom is 0.338 e. The number of nitrogens with two attached hydrogens (primary N) is 1. The van der Waals surface area contributed by atoms with Crippen molar-refractivity contribution in [2.45, 2.75) is 0 Å². The van der Waals surface area contributed by atoms with Crippen LogP contribution in [-0.4, -0.2) is 31.5 Å². The van der Waals surface area contributed by atoms with Gasteiger partial charge in [0.25, 0.3) is 0 Å². The van der Waals surface area contributed by atoms with E-state index in [0.29, 0.717) is 21.5 Å². The molecule has 0 radical (unpaired) electrons. The Morgan fingerprint density at radius 3 is 2.52 bits per heavy atom. The zero-order chi connectivity index (χ0) is 18.4. The Hall–Kier alpha value is -2.87. The molecule has 0 fully saturated rings. The number of hydrogen-bond donors (Lipinski definition) is 2. The molecular formula is C17H15BrN2O5. The molecule has 0 atom stereocenters. The first-order valence-electron chi connectivity index (χ1n) is 7.11. The van der Waals surface area contributed by atoms with Gasteiger partial charge in [-0.25, -0.2) is 9.59 Å². The van der Waals surface area contributed by atoms with Gasteiger partial charge in [0, 0.05) is 11.3 Å². The summed E-state index contributed by atoms with van der Waals surface area (Å²) >= 11 is 3.29. The van der Waals surface area contributed by atoms with Crippen molar-refractivity contribution in [3.8, 4) is 5.75 Å². The number of anilines is 1. The molecule has 130 valence electrons. The van der Waals surface area contributed by atoms with Crippen molar-refractivity contribution in [3.05, 3.63) is 58.1 Å². The number of Topliss-reactive ketones (excluding diaryl/α,β-unsaturated/α-hetero) is 1. The van der Waals surface area contributed by atoms with Crippen molar-refractivity contribution in [1.82, 2.24) is 0 Å². The zero-order valence-corrected chi connectivity index (χ0v) is 14.8. The molecule has 0 saturated heterocycles. The van der Waals surface area contributed by atoms with E-state index in [1.165, 1.54) is 19.2 Å². The van der Waals surface area contributed by atoms with Gasteiger partial charge in [-0.05, 0) is 52.3 Å². The Balaban J connectivity index is 2.00. The van der Waals surface area contributed by atoms with E-state index in [4.69, 9.17) is 15.2 Å². The van der Waals surface area contributed by atoms with E-state index in [9.17, 15) is 14.4 Å². The highest BCUT2D eigenvalue weighted by atomic mass is 79.9. The number of ether oxygens (including phenoxy) is 2. The number of halogens is 1. The normalized spacial score (nSPS) is 10.0. The van der Waals surface area contributed by atoms with Crippen LogP contribution in [0.3, 0.4) is 0 Å². The van der Waals surface area contributed by atoms with Crippen molar-refractivity contribution < 1.29 is 23.9 Å². The van der Waals surface area contributed by atoms with Gasteiger partial charge in [-0.15, -0.1) is 0 Å². The van der Waals surface area contributed by atoms with Gasteiger partial charge in [-0.3, -0.25) is 4.79 Å². The zero-order valence-electron chi connectivity index (χ0n) is 13.2. The standard InChI is InChI=1S/C17H15BrN2O5/c1-24-15-6-5-10(8-13(15)18)14(21)9-25-16(22)11-3-2-4-12(7-11)20-17(19)23/h2-8H,9H2,1H3,(H3,19,20,23). The first-order chi connectivity index (χ1) is 11.9. The van der Waals surface area contributed by atoms with Gasteiger partial charge in [0.1, 0.15) is 5.75 Å². The molecule has 0 bridgehead atoms. The van der Waals surface area contributed by atoms with Crippen LogP contribution >= 0.6 is 15.9 Å². The molecule has 8 heteroatoms. The summed E-state index contributed by atoms with van der Waals surface area (Å²) in [5.41, 5.74) is 5.95. The highest BCUT2D eigenvalue weighted by molar-refractivity contribution is 9.10. The molecule has 2 rings (SSSR count). The summed E-state index contributed by atoms with van der Waals surface area (Å²) in [6, 6.07) is 10.1. The van der Waals surface area contributed by atoms with Crippen LogP contribution in [0.2, 0.25) is 0 Å². The van der Waals surface area contributed by atoms with Crippen LogP contribution in [-0.2, 0) is 4.74 Å². The number of urea groups is 1. The van der Waals surface area contributed by atoms with Crippen LogP contribution in [0, 0.1) is 0 Å². The summed E-state index contributed by atoms with van der Waals surface area (Å²) in [5.74, 6) is -0.454. The van der Waals surface area contributed by atoms with Gasteiger partial charge in [0.15, 0.2) is 12.4 Å². The highest BCUT2D eigenvalue weighted by Gasteiger charge is 2.14. The lowest BCUT2D eigenvalue weighted by molar-refractivity contribution is 0.0475. The van der Waals surface area contributed by atoms with Crippen molar-refractivity contribution in [2.75, 3.05) is 19.0 Å². The van der Waals surface area contributed by atoms with E-state index in [-0.39, 0.29) is 11.3 Å². The van der Waals surface area contributed by atoms with Crippen molar-refractivity contribution in [3.63, 3.8) is 0 Å². The van der Waals surface area contributed by atoms with Crippen molar-refractivity contribution in [2.24, 2.45) is 5.73 Å². The molecule has 0 heterocycles. The van der Waals surface area contributed by atoms with Crippen molar-refractivity contribution >= 4 is 39.4 Å². The fraction of sp³-hybridized carbons (Fsp3) is 0.118. The molecule has 0 aliphatic carbocycles. The first kappa shape index (κ1) is 18.5. The summed E-state index contributed by atoms with van der Waals surface area (Å²) < 4.78 is 10.7. The van der Waals surface area contributed by atoms with Crippen molar-refractivity contribution in [1.29, 1.82) is 0 Å². The van der Waals surface area contributed by atoms with E-state index < -0.39 is 18.6 Å². The summed E-state index contributed by atoms with van der Waals surface area (Å²) in [4.78, 5) is 35.0. The fourth-order valence-electron chi connectivity index (χ4n) is 2.00. The summed E-state index contributed by atoms with van der Waals surface area (Å²) in [5, 5.41) is 2.35. The maximum atomic E-state index is 12.1. The van der Waals surface area contributed by atoms with E-state index in [1.807, 2.05) is 0 Å². The summed E-state index contributed by atoms with van der Waals surface area (Å²) in [7, 11) is 1.52. The number of carbonyl (C=O) groups is 3. The molecule has 25 heavy (non-hydrogen) atoms. The number of methoxy groups -OCH3 is 1. The largest absolute Gasteiger partial charge is 0.496 e. The van der Waals surface area contributed by atoms with E-state index in [2.05, 4.69) is 21.2 Å². The van der Waals surface area contributed by atoms with E-state index in [1.54, 1.807) is 30.3 Å². The number of ketones is 1.